The van der Waals surface area contributed by atoms with Crippen molar-refractivity contribution in [2.45, 2.75) is 0 Å². The van der Waals surface area contributed by atoms with Crippen LogP contribution in [0.3, 0.4) is 0 Å². The number of hydrogen-bond acceptors (Lipinski definition) is 5. The number of rotatable bonds is 5. The van der Waals surface area contributed by atoms with E-state index in [1.165, 1.54) is 23.5 Å². The summed E-state index contributed by atoms with van der Waals surface area (Å²) < 4.78 is 1.73. The van der Waals surface area contributed by atoms with Crippen LogP contribution in [0, 0.1) is 0 Å². The van der Waals surface area contributed by atoms with Crippen LogP contribution < -0.4 is 4.80 Å². The molecule has 0 fully saturated rings. The standard InChI is InChI=1S/C19H17N3O2S/c1-2-10-20-19-22(17(13-25-19)14-6-4-3-5-7-14)21-12-15-8-9-16(23)11-18(15)24/h2-9,11-13,23-24H,1,10H2/b20-19?,21-12+. The van der Waals surface area contributed by atoms with Gasteiger partial charge in [0.1, 0.15) is 11.5 Å². The molecule has 0 saturated heterocycles. The maximum Gasteiger partial charge on any atom is 0.206 e. The second-order valence-electron chi connectivity index (χ2n) is 5.20. The average molecular weight is 351 g/mol. The van der Waals surface area contributed by atoms with Crippen LogP contribution in [-0.2, 0) is 0 Å². The van der Waals surface area contributed by atoms with E-state index in [0.29, 0.717) is 12.1 Å². The van der Waals surface area contributed by atoms with Crippen LogP contribution >= 0.6 is 11.3 Å². The number of nitrogens with zero attached hydrogens (tertiary/aromatic N) is 3. The number of aromatic hydroxyl groups is 2. The lowest BCUT2D eigenvalue weighted by molar-refractivity contribution is 0.450. The van der Waals surface area contributed by atoms with Crippen molar-refractivity contribution in [3.63, 3.8) is 0 Å². The Kier molecular flexibility index (Phi) is 5.11. The smallest absolute Gasteiger partial charge is 0.206 e. The minimum Gasteiger partial charge on any atom is -0.508 e. The molecule has 0 amide bonds. The Morgan fingerprint density at radius 1 is 1.12 bits per heavy atom. The van der Waals surface area contributed by atoms with Gasteiger partial charge in [-0.2, -0.15) is 5.10 Å². The predicted molar refractivity (Wildman–Crippen MR) is 101 cm³/mol. The number of aromatic nitrogens is 1. The monoisotopic (exact) mass is 351 g/mol. The highest BCUT2D eigenvalue weighted by Crippen LogP contribution is 2.22. The zero-order valence-corrected chi connectivity index (χ0v) is 14.2. The van der Waals surface area contributed by atoms with Crippen molar-refractivity contribution in [3.05, 3.63) is 76.9 Å². The fraction of sp³-hybridized carbons (Fsp3) is 0.0526. The molecule has 0 aliphatic rings. The fourth-order valence-electron chi connectivity index (χ4n) is 2.23. The van der Waals surface area contributed by atoms with Crippen molar-refractivity contribution in [2.24, 2.45) is 10.1 Å². The third kappa shape index (κ3) is 3.87. The van der Waals surface area contributed by atoms with Crippen LogP contribution in [0.15, 0.2) is 76.7 Å². The van der Waals surface area contributed by atoms with Crippen LogP contribution in [0.1, 0.15) is 5.56 Å². The summed E-state index contributed by atoms with van der Waals surface area (Å²) in [4.78, 5) is 5.20. The van der Waals surface area contributed by atoms with Crippen molar-refractivity contribution in [2.75, 3.05) is 6.54 Å². The molecule has 0 aliphatic carbocycles. The van der Waals surface area contributed by atoms with E-state index in [0.717, 1.165) is 16.1 Å². The van der Waals surface area contributed by atoms with Gasteiger partial charge in [-0.15, -0.1) is 17.9 Å². The normalized spacial score (nSPS) is 11.9. The molecular weight excluding hydrogens is 334 g/mol. The summed E-state index contributed by atoms with van der Waals surface area (Å²) in [5.74, 6) is -0.0325. The molecule has 0 spiro atoms. The third-order valence-electron chi connectivity index (χ3n) is 3.44. The average Bonchev–Trinajstić information content (AvgIpc) is 3.03. The molecule has 0 saturated carbocycles. The molecule has 3 aromatic rings. The molecule has 0 unspecified atom stereocenters. The van der Waals surface area contributed by atoms with E-state index in [1.807, 2.05) is 35.7 Å². The van der Waals surface area contributed by atoms with Gasteiger partial charge in [-0.1, -0.05) is 36.4 Å². The topological polar surface area (TPSA) is 70.1 Å². The number of hydrogen-bond donors (Lipinski definition) is 2. The molecular formula is C19H17N3O2S. The Bertz CT molecular complexity index is 972. The maximum absolute atomic E-state index is 9.92. The van der Waals surface area contributed by atoms with Crippen molar-refractivity contribution < 1.29 is 10.2 Å². The number of phenolic OH excluding ortho intramolecular Hbond substituents is 2. The van der Waals surface area contributed by atoms with Crippen molar-refractivity contribution in [1.29, 1.82) is 0 Å². The van der Waals surface area contributed by atoms with E-state index < -0.39 is 0 Å². The fourth-order valence-corrected chi connectivity index (χ4v) is 3.08. The van der Waals surface area contributed by atoms with Crippen LogP contribution in [-0.4, -0.2) is 27.6 Å². The minimum atomic E-state index is -0.0366. The van der Waals surface area contributed by atoms with E-state index in [1.54, 1.807) is 23.0 Å². The van der Waals surface area contributed by atoms with Gasteiger partial charge in [0.15, 0.2) is 0 Å². The van der Waals surface area contributed by atoms with Crippen LogP contribution in [0.5, 0.6) is 11.5 Å². The highest BCUT2D eigenvalue weighted by Gasteiger charge is 2.07. The van der Waals surface area contributed by atoms with Crippen LogP contribution in [0.4, 0.5) is 0 Å². The largest absolute Gasteiger partial charge is 0.508 e. The summed E-state index contributed by atoms with van der Waals surface area (Å²) in [6, 6.07) is 14.3. The number of thiazole rings is 1. The molecule has 3 rings (SSSR count). The summed E-state index contributed by atoms with van der Waals surface area (Å²) in [5.41, 5.74) is 2.43. The van der Waals surface area contributed by atoms with Crippen LogP contribution in [0.2, 0.25) is 0 Å². The van der Waals surface area contributed by atoms with Gasteiger partial charge in [0.2, 0.25) is 4.80 Å². The second-order valence-corrected chi connectivity index (χ2v) is 6.03. The Morgan fingerprint density at radius 2 is 1.92 bits per heavy atom. The lowest BCUT2D eigenvalue weighted by Crippen LogP contribution is -2.12. The first-order valence-corrected chi connectivity index (χ1v) is 8.50. The third-order valence-corrected chi connectivity index (χ3v) is 4.29. The Hall–Kier alpha value is -3.12. The molecule has 1 aromatic heterocycles. The van der Waals surface area contributed by atoms with E-state index >= 15 is 0 Å². The first kappa shape index (κ1) is 16.7. The zero-order valence-electron chi connectivity index (χ0n) is 13.4. The van der Waals surface area contributed by atoms with Gasteiger partial charge in [0.25, 0.3) is 0 Å². The summed E-state index contributed by atoms with van der Waals surface area (Å²) in [6.07, 6.45) is 3.27. The Balaban J connectivity index is 2.08. The van der Waals surface area contributed by atoms with E-state index in [2.05, 4.69) is 16.7 Å². The summed E-state index contributed by atoms with van der Waals surface area (Å²) in [5, 5.41) is 25.8. The summed E-state index contributed by atoms with van der Waals surface area (Å²) in [6.45, 7) is 4.19. The molecule has 0 aliphatic heterocycles. The molecule has 0 atom stereocenters. The van der Waals surface area contributed by atoms with Gasteiger partial charge in [-0.25, -0.2) is 4.68 Å². The van der Waals surface area contributed by atoms with Gasteiger partial charge in [0, 0.05) is 22.6 Å². The molecule has 25 heavy (non-hydrogen) atoms. The lowest BCUT2D eigenvalue weighted by Gasteiger charge is -2.04. The SMILES string of the molecule is C=CCN=c1scc(-c2ccccc2)n1/N=C/c1ccc(O)cc1O. The van der Waals surface area contributed by atoms with E-state index in [9.17, 15) is 10.2 Å². The minimum absolute atomic E-state index is 0.00415. The maximum atomic E-state index is 9.92. The van der Waals surface area contributed by atoms with E-state index in [4.69, 9.17) is 0 Å². The van der Waals surface area contributed by atoms with Gasteiger partial charge in [0.05, 0.1) is 18.5 Å². The summed E-state index contributed by atoms with van der Waals surface area (Å²) >= 11 is 1.49. The highest BCUT2D eigenvalue weighted by atomic mass is 32.1. The summed E-state index contributed by atoms with van der Waals surface area (Å²) in [7, 11) is 0. The molecule has 1 heterocycles. The number of benzene rings is 2. The quantitative estimate of drug-likeness (QED) is 0.545. The molecule has 6 heteroatoms. The zero-order chi connectivity index (χ0) is 17.6. The Morgan fingerprint density at radius 3 is 2.64 bits per heavy atom. The highest BCUT2D eigenvalue weighted by molar-refractivity contribution is 7.07. The molecule has 2 aromatic carbocycles. The molecule has 2 N–H and O–H groups in total. The van der Waals surface area contributed by atoms with Gasteiger partial charge in [-0.3, -0.25) is 4.99 Å². The molecule has 0 radical (unpaired) electrons. The van der Waals surface area contributed by atoms with Crippen molar-refractivity contribution in [3.8, 4) is 22.8 Å². The first-order valence-electron chi connectivity index (χ1n) is 7.62. The lowest BCUT2D eigenvalue weighted by atomic mass is 10.2. The van der Waals surface area contributed by atoms with Crippen molar-refractivity contribution >= 4 is 17.6 Å². The molecule has 0 bridgehead atoms. The second kappa shape index (κ2) is 7.63. The molecule has 5 nitrogen and oxygen atoms in total. The van der Waals surface area contributed by atoms with Crippen LogP contribution in [0.25, 0.3) is 11.3 Å². The van der Waals surface area contributed by atoms with Gasteiger partial charge >= 0.3 is 0 Å². The van der Waals surface area contributed by atoms with E-state index in [-0.39, 0.29) is 11.5 Å². The molecule has 126 valence electrons. The van der Waals surface area contributed by atoms with Gasteiger partial charge < -0.3 is 10.2 Å². The van der Waals surface area contributed by atoms with Crippen molar-refractivity contribution in [1.82, 2.24) is 4.68 Å². The van der Waals surface area contributed by atoms with Gasteiger partial charge in [-0.05, 0) is 12.1 Å². The predicted octanol–water partition coefficient (Wildman–Crippen LogP) is 3.60. The number of phenols is 2. The first-order chi connectivity index (χ1) is 12.2. The Labute approximate surface area is 149 Å².